The summed E-state index contributed by atoms with van der Waals surface area (Å²) in [6.07, 6.45) is 0. The number of aromatic nitrogens is 3. The number of fused-ring (bicyclic) bond motifs is 1. The minimum Gasteiger partial charge on any atom is -0.445 e. The van der Waals surface area contributed by atoms with Crippen LogP contribution < -0.4 is 5.46 Å². The van der Waals surface area contributed by atoms with E-state index in [0.717, 1.165) is 6.07 Å². The third-order valence-electron chi connectivity index (χ3n) is 2.03. The van der Waals surface area contributed by atoms with Gasteiger partial charge in [0.1, 0.15) is 0 Å². The third kappa shape index (κ3) is 1.25. The molecule has 7 heteroatoms. The molecule has 1 aromatic carbocycles. The SMILES string of the molecule is Cn1nnc2c([B-](F)(F)F)cccc21. The first-order chi connectivity index (χ1) is 6.50. The predicted octanol–water partition coefficient (Wildman–Crippen LogP) is 1.02. The summed E-state index contributed by atoms with van der Waals surface area (Å²) in [5, 5.41) is 7.04. The van der Waals surface area contributed by atoms with Crippen LogP contribution in [-0.4, -0.2) is 22.0 Å². The minimum absolute atomic E-state index is 0.0810. The van der Waals surface area contributed by atoms with E-state index in [4.69, 9.17) is 0 Å². The van der Waals surface area contributed by atoms with Crippen molar-refractivity contribution < 1.29 is 12.9 Å². The fourth-order valence-electron chi connectivity index (χ4n) is 1.34. The molecule has 14 heavy (non-hydrogen) atoms. The van der Waals surface area contributed by atoms with Gasteiger partial charge >= 0.3 is 6.98 Å². The summed E-state index contributed by atoms with van der Waals surface area (Å²) in [4.78, 5) is 0. The van der Waals surface area contributed by atoms with E-state index in [1.807, 2.05) is 0 Å². The molecule has 2 aromatic rings. The second kappa shape index (κ2) is 2.73. The molecule has 0 radical (unpaired) electrons. The Labute approximate surface area is 77.6 Å². The molecule has 0 aliphatic heterocycles. The maximum absolute atomic E-state index is 12.5. The molecular formula is C7H6BF3N3-. The first kappa shape index (κ1) is 9.05. The number of nitrogens with zero attached hydrogens (tertiary/aromatic N) is 3. The van der Waals surface area contributed by atoms with Gasteiger partial charge in [0.05, 0.1) is 11.0 Å². The molecule has 0 bridgehead atoms. The normalized spacial score (nSPS) is 12.3. The molecule has 0 saturated heterocycles. The molecule has 0 unspecified atom stereocenters. The van der Waals surface area contributed by atoms with Gasteiger partial charge in [-0.05, 0) is 6.07 Å². The van der Waals surface area contributed by atoms with E-state index in [-0.39, 0.29) is 5.52 Å². The standard InChI is InChI=1S/C7H6BF3N3/c1-14-6-4-2-3-5(8(9,10)11)7(6)12-13-14/h2-4H,1H3/q-1. The van der Waals surface area contributed by atoms with E-state index in [0.29, 0.717) is 5.52 Å². The van der Waals surface area contributed by atoms with Gasteiger partial charge in [0, 0.05) is 7.05 Å². The van der Waals surface area contributed by atoms with Crippen molar-refractivity contribution in [2.24, 2.45) is 7.05 Å². The zero-order valence-electron chi connectivity index (χ0n) is 7.28. The van der Waals surface area contributed by atoms with Crippen LogP contribution in [0.3, 0.4) is 0 Å². The molecule has 0 N–H and O–H groups in total. The van der Waals surface area contributed by atoms with Crippen LogP contribution in [0, 0.1) is 0 Å². The van der Waals surface area contributed by atoms with Gasteiger partial charge < -0.3 is 12.9 Å². The van der Waals surface area contributed by atoms with Crippen LogP contribution in [0.2, 0.25) is 0 Å². The molecule has 0 aliphatic rings. The van der Waals surface area contributed by atoms with E-state index in [2.05, 4.69) is 10.3 Å². The maximum Gasteiger partial charge on any atom is 0.511 e. The van der Waals surface area contributed by atoms with Crippen molar-refractivity contribution in [3.63, 3.8) is 0 Å². The Morgan fingerprint density at radius 3 is 2.64 bits per heavy atom. The fourth-order valence-corrected chi connectivity index (χ4v) is 1.34. The summed E-state index contributed by atoms with van der Waals surface area (Å²) < 4.78 is 38.9. The first-order valence-corrected chi connectivity index (χ1v) is 3.98. The number of hydrogen-bond acceptors (Lipinski definition) is 2. The van der Waals surface area contributed by atoms with Crippen molar-refractivity contribution in [3.8, 4) is 0 Å². The lowest BCUT2D eigenvalue weighted by atomic mass is 9.79. The molecule has 0 saturated carbocycles. The highest BCUT2D eigenvalue weighted by Gasteiger charge is 2.28. The van der Waals surface area contributed by atoms with Gasteiger partial charge in [0.2, 0.25) is 0 Å². The van der Waals surface area contributed by atoms with Crippen LogP contribution in [0.5, 0.6) is 0 Å². The number of halogens is 3. The Morgan fingerprint density at radius 2 is 2.00 bits per heavy atom. The Morgan fingerprint density at radius 1 is 1.29 bits per heavy atom. The van der Waals surface area contributed by atoms with Crippen molar-refractivity contribution in [1.29, 1.82) is 0 Å². The van der Waals surface area contributed by atoms with Crippen molar-refractivity contribution in [2.45, 2.75) is 0 Å². The topological polar surface area (TPSA) is 30.7 Å². The number of benzene rings is 1. The first-order valence-electron chi connectivity index (χ1n) is 3.98. The molecule has 3 nitrogen and oxygen atoms in total. The van der Waals surface area contributed by atoms with E-state index in [1.165, 1.54) is 10.7 Å². The lowest BCUT2D eigenvalue weighted by Crippen LogP contribution is -2.34. The summed E-state index contributed by atoms with van der Waals surface area (Å²) in [6.45, 7) is -5.02. The summed E-state index contributed by atoms with van der Waals surface area (Å²) in [5.41, 5.74) is -0.375. The summed E-state index contributed by atoms with van der Waals surface area (Å²) in [5.74, 6) is 0. The molecule has 2 rings (SSSR count). The zero-order valence-corrected chi connectivity index (χ0v) is 7.28. The molecular weight excluding hydrogens is 194 g/mol. The highest BCUT2D eigenvalue weighted by molar-refractivity contribution is 6.75. The average molecular weight is 200 g/mol. The average Bonchev–Trinajstić information content (AvgIpc) is 2.46. The largest absolute Gasteiger partial charge is 0.511 e. The van der Waals surface area contributed by atoms with Gasteiger partial charge in [-0.25, -0.2) is 4.68 Å². The second-order valence-corrected chi connectivity index (χ2v) is 3.00. The third-order valence-corrected chi connectivity index (χ3v) is 2.03. The number of hydrogen-bond donors (Lipinski definition) is 0. The van der Waals surface area contributed by atoms with Crippen LogP contribution in [0.25, 0.3) is 11.0 Å². The minimum atomic E-state index is -5.02. The molecule has 0 amide bonds. The van der Waals surface area contributed by atoms with E-state index < -0.39 is 12.4 Å². The van der Waals surface area contributed by atoms with Crippen LogP contribution in [0.1, 0.15) is 0 Å². The van der Waals surface area contributed by atoms with Crippen LogP contribution in [0.4, 0.5) is 12.9 Å². The molecule has 0 atom stereocenters. The highest BCUT2D eigenvalue weighted by Crippen LogP contribution is 2.15. The van der Waals surface area contributed by atoms with Crippen LogP contribution in [0.15, 0.2) is 18.2 Å². The van der Waals surface area contributed by atoms with Gasteiger partial charge in [-0.2, -0.15) is 0 Å². The summed E-state index contributed by atoms with van der Waals surface area (Å²) in [7, 11) is 1.56. The lowest BCUT2D eigenvalue weighted by Gasteiger charge is -2.14. The Kier molecular flexibility index (Phi) is 1.76. The lowest BCUT2D eigenvalue weighted by molar-refractivity contribution is 0.501. The Hall–Kier alpha value is -1.53. The fraction of sp³-hybridized carbons (Fsp3) is 0.143. The zero-order chi connectivity index (χ0) is 10.3. The smallest absolute Gasteiger partial charge is 0.445 e. The van der Waals surface area contributed by atoms with Gasteiger partial charge in [0.25, 0.3) is 0 Å². The van der Waals surface area contributed by atoms with Crippen LogP contribution >= 0.6 is 0 Å². The predicted molar refractivity (Wildman–Crippen MR) is 47.2 cm³/mol. The quantitative estimate of drug-likeness (QED) is 0.643. The van der Waals surface area contributed by atoms with Gasteiger partial charge in [0.15, 0.2) is 0 Å². The van der Waals surface area contributed by atoms with Crippen molar-refractivity contribution in [3.05, 3.63) is 18.2 Å². The van der Waals surface area contributed by atoms with Crippen molar-refractivity contribution in [1.82, 2.24) is 15.0 Å². The Bertz CT molecular complexity index is 476. The monoisotopic (exact) mass is 200 g/mol. The number of aryl methyl sites for hydroxylation is 1. The van der Waals surface area contributed by atoms with Gasteiger partial charge in [-0.3, -0.25) is 0 Å². The molecule has 0 fully saturated rings. The van der Waals surface area contributed by atoms with E-state index in [1.54, 1.807) is 13.1 Å². The van der Waals surface area contributed by atoms with Gasteiger partial charge in [-0.1, -0.05) is 22.8 Å². The summed E-state index contributed by atoms with van der Waals surface area (Å²) in [6, 6.07) is 3.94. The van der Waals surface area contributed by atoms with Gasteiger partial charge in [-0.15, -0.1) is 5.10 Å². The highest BCUT2D eigenvalue weighted by atomic mass is 19.4. The molecule has 0 spiro atoms. The van der Waals surface area contributed by atoms with E-state index >= 15 is 0 Å². The second-order valence-electron chi connectivity index (χ2n) is 3.00. The summed E-state index contributed by atoms with van der Waals surface area (Å²) >= 11 is 0. The van der Waals surface area contributed by atoms with Crippen LogP contribution in [-0.2, 0) is 7.05 Å². The molecule has 74 valence electrons. The van der Waals surface area contributed by atoms with Crippen molar-refractivity contribution in [2.75, 3.05) is 0 Å². The number of rotatable bonds is 1. The maximum atomic E-state index is 12.5. The van der Waals surface area contributed by atoms with E-state index in [9.17, 15) is 12.9 Å². The van der Waals surface area contributed by atoms with Crippen molar-refractivity contribution >= 4 is 23.5 Å². The molecule has 1 heterocycles. The Balaban J connectivity index is 2.79. The molecule has 1 aromatic heterocycles. The molecule has 0 aliphatic carbocycles.